The van der Waals surface area contributed by atoms with Crippen LogP contribution in [0.25, 0.3) is 5.65 Å². The fraction of sp³-hybridized carbons (Fsp3) is 0.333. The molecule has 1 saturated heterocycles. The van der Waals surface area contributed by atoms with E-state index in [4.69, 9.17) is 0 Å². The zero-order valence-corrected chi connectivity index (χ0v) is 9.26. The van der Waals surface area contributed by atoms with Crippen LogP contribution >= 0.6 is 0 Å². The van der Waals surface area contributed by atoms with E-state index >= 15 is 0 Å². The maximum Gasteiger partial charge on any atom is 0.258 e. The SMILES string of the molecule is O=c1cc(C2CCCN2)nc2c(O)cccn12. The molecule has 0 aromatic carbocycles. The van der Waals surface area contributed by atoms with Crippen molar-refractivity contribution in [3.05, 3.63) is 40.4 Å². The molecule has 0 radical (unpaired) electrons. The number of aromatic hydroxyl groups is 1. The Balaban J connectivity index is 2.22. The first-order valence-electron chi connectivity index (χ1n) is 5.70. The molecule has 3 rings (SSSR count). The van der Waals surface area contributed by atoms with E-state index in [1.807, 2.05) is 0 Å². The minimum Gasteiger partial charge on any atom is -0.504 e. The number of nitrogens with one attached hydrogen (secondary N) is 1. The third kappa shape index (κ3) is 1.68. The number of nitrogens with zero attached hydrogens (tertiary/aromatic N) is 2. The predicted octanol–water partition coefficient (Wildman–Crippen LogP) is 0.825. The molecule has 1 fully saturated rings. The maximum atomic E-state index is 11.9. The number of aromatic nitrogens is 2. The Morgan fingerprint density at radius 3 is 3.18 bits per heavy atom. The Morgan fingerprint density at radius 1 is 1.53 bits per heavy atom. The maximum absolute atomic E-state index is 11.9. The van der Waals surface area contributed by atoms with E-state index in [0.717, 1.165) is 19.4 Å². The Bertz CT molecular complexity index is 615. The third-order valence-corrected chi connectivity index (χ3v) is 3.11. The molecular weight excluding hydrogens is 218 g/mol. The van der Waals surface area contributed by atoms with Gasteiger partial charge in [0.15, 0.2) is 11.4 Å². The summed E-state index contributed by atoms with van der Waals surface area (Å²) in [4.78, 5) is 16.3. The van der Waals surface area contributed by atoms with Crippen molar-refractivity contribution < 1.29 is 5.11 Å². The van der Waals surface area contributed by atoms with Gasteiger partial charge in [-0.2, -0.15) is 0 Å². The summed E-state index contributed by atoms with van der Waals surface area (Å²) in [6.45, 7) is 0.951. The van der Waals surface area contributed by atoms with Crippen molar-refractivity contribution in [1.29, 1.82) is 0 Å². The van der Waals surface area contributed by atoms with Crippen LogP contribution in [0.15, 0.2) is 29.2 Å². The summed E-state index contributed by atoms with van der Waals surface area (Å²) in [7, 11) is 0. The summed E-state index contributed by atoms with van der Waals surface area (Å²) in [5.74, 6) is 0.0319. The second kappa shape index (κ2) is 3.85. The van der Waals surface area contributed by atoms with Gasteiger partial charge in [0.05, 0.1) is 5.69 Å². The number of pyridine rings is 1. The molecule has 88 valence electrons. The van der Waals surface area contributed by atoms with Gasteiger partial charge >= 0.3 is 0 Å². The average Bonchev–Trinajstić information content (AvgIpc) is 2.84. The van der Waals surface area contributed by atoms with Gasteiger partial charge in [-0.3, -0.25) is 9.20 Å². The molecule has 1 unspecified atom stereocenters. The minimum absolute atomic E-state index is 0.0319. The standard InChI is InChI=1S/C12H13N3O2/c16-10-4-2-6-15-11(17)7-9(14-12(10)15)8-3-1-5-13-8/h2,4,6-8,13,16H,1,3,5H2. The molecule has 0 aliphatic carbocycles. The molecule has 1 atom stereocenters. The predicted molar refractivity (Wildman–Crippen MR) is 63.1 cm³/mol. The van der Waals surface area contributed by atoms with Gasteiger partial charge in [0.1, 0.15) is 0 Å². The molecule has 0 saturated carbocycles. The number of fused-ring (bicyclic) bond motifs is 1. The van der Waals surface area contributed by atoms with E-state index in [-0.39, 0.29) is 17.4 Å². The summed E-state index contributed by atoms with van der Waals surface area (Å²) >= 11 is 0. The first-order chi connectivity index (χ1) is 8.25. The lowest BCUT2D eigenvalue weighted by molar-refractivity contribution is 0.476. The normalized spacial score (nSPS) is 19.9. The lowest BCUT2D eigenvalue weighted by atomic mass is 10.1. The molecule has 3 heterocycles. The van der Waals surface area contributed by atoms with E-state index in [9.17, 15) is 9.90 Å². The summed E-state index contributed by atoms with van der Waals surface area (Å²) in [5, 5.41) is 13.0. The zero-order valence-electron chi connectivity index (χ0n) is 9.26. The van der Waals surface area contributed by atoms with Gasteiger partial charge in [-0.15, -0.1) is 0 Å². The van der Waals surface area contributed by atoms with Crippen LogP contribution in [0, 0.1) is 0 Å². The van der Waals surface area contributed by atoms with E-state index < -0.39 is 0 Å². The van der Waals surface area contributed by atoms with Crippen LogP contribution in [0.3, 0.4) is 0 Å². The Kier molecular flexibility index (Phi) is 2.33. The molecule has 1 aliphatic heterocycles. The van der Waals surface area contributed by atoms with Crippen LogP contribution in [0.1, 0.15) is 24.6 Å². The van der Waals surface area contributed by atoms with Crippen LogP contribution in [0.5, 0.6) is 5.75 Å². The summed E-state index contributed by atoms with van der Waals surface area (Å²) in [6, 6.07) is 4.83. The largest absolute Gasteiger partial charge is 0.504 e. The Hall–Kier alpha value is -1.88. The zero-order chi connectivity index (χ0) is 11.8. The molecule has 5 nitrogen and oxygen atoms in total. The van der Waals surface area contributed by atoms with Crippen LogP contribution in [-0.2, 0) is 0 Å². The highest BCUT2D eigenvalue weighted by atomic mass is 16.3. The summed E-state index contributed by atoms with van der Waals surface area (Å²) in [5.41, 5.74) is 0.882. The molecule has 2 N–H and O–H groups in total. The first kappa shape index (κ1) is 10.3. The highest BCUT2D eigenvalue weighted by molar-refractivity contribution is 5.52. The van der Waals surface area contributed by atoms with Crippen LogP contribution in [0.2, 0.25) is 0 Å². The van der Waals surface area contributed by atoms with E-state index in [1.54, 1.807) is 12.3 Å². The van der Waals surface area contributed by atoms with Crippen molar-refractivity contribution in [3.8, 4) is 5.75 Å². The van der Waals surface area contributed by atoms with Gasteiger partial charge in [-0.1, -0.05) is 0 Å². The molecule has 0 bridgehead atoms. The average molecular weight is 231 g/mol. The van der Waals surface area contributed by atoms with Crippen molar-refractivity contribution in [1.82, 2.24) is 14.7 Å². The van der Waals surface area contributed by atoms with Crippen LogP contribution < -0.4 is 10.9 Å². The van der Waals surface area contributed by atoms with Crippen molar-refractivity contribution in [2.45, 2.75) is 18.9 Å². The lowest BCUT2D eigenvalue weighted by Gasteiger charge is -2.10. The minimum atomic E-state index is -0.158. The van der Waals surface area contributed by atoms with Crippen molar-refractivity contribution in [3.63, 3.8) is 0 Å². The van der Waals surface area contributed by atoms with Crippen LogP contribution in [0.4, 0.5) is 0 Å². The summed E-state index contributed by atoms with van der Waals surface area (Å²) in [6.07, 6.45) is 3.68. The molecule has 5 heteroatoms. The Labute approximate surface area is 97.7 Å². The van der Waals surface area contributed by atoms with Crippen molar-refractivity contribution in [2.75, 3.05) is 6.54 Å². The topological polar surface area (TPSA) is 66.6 Å². The van der Waals surface area contributed by atoms with E-state index in [0.29, 0.717) is 11.3 Å². The third-order valence-electron chi connectivity index (χ3n) is 3.11. The quantitative estimate of drug-likeness (QED) is 0.762. The number of rotatable bonds is 1. The number of hydrogen-bond acceptors (Lipinski definition) is 4. The van der Waals surface area contributed by atoms with E-state index in [1.165, 1.54) is 16.5 Å². The second-order valence-electron chi connectivity index (χ2n) is 4.26. The molecule has 17 heavy (non-hydrogen) atoms. The smallest absolute Gasteiger partial charge is 0.258 e. The highest BCUT2D eigenvalue weighted by Gasteiger charge is 2.19. The Morgan fingerprint density at radius 2 is 2.41 bits per heavy atom. The highest BCUT2D eigenvalue weighted by Crippen LogP contribution is 2.22. The molecule has 0 amide bonds. The molecular formula is C12H13N3O2. The van der Waals surface area contributed by atoms with Crippen molar-refractivity contribution >= 4 is 5.65 Å². The molecule has 0 spiro atoms. The fourth-order valence-corrected chi connectivity index (χ4v) is 2.24. The van der Waals surface area contributed by atoms with Gasteiger partial charge in [0.2, 0.25) is 0 Å². The molecule has 1 aliphatic rings. The molecule has 2 aromatic heterocycles. The van der Waals surface area contributed by atoms with Crippen LogP contribution in [-0.4, -0.2) is 21.0 Å². The van der Waals surface area contributed by atoms with Gasteiger partial charge in [0.25, 0.3) is 5.56 Å². The second-order valence-corrected chi connectivity index (χ2v) is 4.26. The molecule has 2 aromatic rings. The van der Waals surface area contributed by atoms with Gasteiger partial charge in [0, 0.05) is 18.3 Å². The monoisotopic (exact) mass is 231 g/mol. The van der Waals surface area contributed by atoms with E-state index in [2.05, 4.69) is 10.3 Å². The van der Waals surface area contributed by atoms with Crippen molar-refractivity contribution in [2.24, 2.45) is 0 Å². The van der Waals surface area contributed by atoms with Gasteiger partial charge in [-0.25, -0.2) is 4.98 Å². The van der Waals surface area contributed by atoms with Gasteiger partial charge < -0.3 is 10.4 Å². The first-order valence-corrected chi connectivity index (χ1v) is 5.70. The van der Waals surface area contributed by atoms with Gasteiger partial charge in [-0.05, 0) is 31.5 Å². The number of hydrogen-bond donors (Lipinski definition) is 2. The fourth-order valence-electron chi connectivity index (χ4n) is 2.24. The summed E-state index contributed by atoms with van der Waals surface area (Å²) < 4.78 is 1.35. The lowest BCUT2D eigenvalue weighted by Crippen LogP contribution is -2.20.